The molecule has 10 heteroatoms. The highest BCUT2D eigenvalue weighted by molar-refractivity contribution is 7.16. The first-order valence-electron chi connectivity index (χ1n) is 10.6. The monoisotopic (exact) mass is 471 g/mol. The number of aryl methyl sites for hydroxylation is 2. The van der Waals surface area contributed by atoms with Gasteiger partial charge in [0, 0.05) is 11.3 Å². The smallest absolute Gasteiger partial charge is 0.341 e. The van der Waals surface area contributed by atoms with Gasteiger partial charge in [0.1, 0.15) is 10.8 Å². The van der Waals surface area contributed by atoms with Crippen molar-refractivity contribution in [2.75, 3.05) is 18.5 Å². The Bertz CT molecular complexity index is 1250. The number of para-hydroxylation sites is 1. The van der Waals surface area contributed by atoms with E-state index in [1.165, 1.54) is 11.3 Å². The molecular formula is C23H25N3O6S. The van der Waals surface area contributed by atoms with E-state index in [4.69, 9.17) is 9.47 Å². The summed E-state index contributed by atoms with van der Waals surface area (Å²) < 4.78 is 10.2. The summed E-state index contributed by atoms with van der Waals surface area (Å²) in [5.74, 6) is -1.30. The van der Waals surface area contributed by atoms with E-state index in [1.807, 2.05) is 13.8 Å². The molecule has 0 aliphatic heterocycles. The lowest BCUT2D eigenvalue weighted by Gasteiger charge is -2.08. The topological polar surface area (TPSA) is 127 Å². The molecule has 2 aromatic heterocycles. The van der Waals surface area contributed by atoms with E-state index in [-0.39, 0.29) is 25.0 Å². The van der Waals surface area contributed by atoms with Gasteiger partial charge in [0.25, 0.3) is 11.5 Å². The largest absolute Gasteiger partial charge is 0.462 e. The van der Waals surface area contributed by atoms with Crippen LogP contribution in [0.3, 0.4) is 0 Å². The number of aromatic amines is 1. The Labute approximate surface area is 194 Å². The van der Waals surface area contributed by atoms with E-state index in [0.29, 0.717) is 33.7 Å². The van der Waals surface area contributed by atoms with Crippen LogP contribution in [0.1, 0.15) is 46.9 Å². The maximum absolute atomic E-state index is 12.3. The van der Waals surface area contributed by atoms with Crippen molar-refractivity contribution in [2.45, 2.75) is 40.0 Å². The summed E-state index contributed by atoms with van der Waals surface area (Å²) in [6, 6.07) is 6.91. The molecule has 0 atom stereocenters. The van der Waals surface area contributed by atoms with Crippen LogP contribution in [0.5, 0.6) is 0 Å². The first-order chi connectivity index (χ1) is 15.8. The molecule has 2 N–H and O–H groups in total. The van der Waals surface area contributed by atoms with Gasteiger partial charge < -0.3 is 19.8 Å². The van der Waals surface area contributed by atoms with Gasteiger partial charge in [-0.1, -0.05) is 19.1 Å². The van der Waals surface area contributed by atoms with E-state index in [1.54, 1.807) is 31.2 Å². The van der Waals surface area contributed by atoms with Crippen LogP contribution < -0.4 is 10.9 Å². The molecule has 9 nitrogen and oxygen atoms in total. The molecule has 0 bridgehead atoms. The number of anilines is 1. The summed E-state index contributed by atoms with van der Waals surface area (Å²) in [5, 5.41) is 3.49. The highest BCUT2D eigenvalue weighted by Crippen LogP contribution is 2.34. The minimum Gasteiger partial charge on any atom is -0.462 e. The predicted molar refractivity (Wildman–Crippen MR) is 125 cm³/mol. The maximum Gasteiger partial charge on any atom is 0.341 e. The molecular weight excluding hydrogens is 446 g/mol. The van der Waals surface area contributed by atoms with Crippen LogP contribution in [0.25, 0.3) is 10.9 Å². The fourth-order valence-electron chi connectivity index (χ4n) is 3.37. The molecule has 0 unspecified atom stereocenters. The van der Waals surface area contributed by atoms with Gasteiger partial charge >= 0.3 is 11.9 Å². The normalized spacial score (nSPS) is 10.8. The number of carbonyl (C=O) groups excluding carboxylic acids is 3. The zero-order valence-electron chi connectivity index (χ0n) is 18.6. The highest BCUT2D eigenvalue weighted by Gasteiger charge is 2.23. The van der Waals surface area contributed by atoms with Gasteiger partial charge in [0.2, 0.25) is 0 Å². The Morgan fingerprint density at radius 3 is 2.64 bits per heavy atom. The average Bonchev–Trinajstić information content (AvgIpc) is 3.11. The van der Waals surface area contributed by atoms with E-state index >= 15 is 0 Å². The quantitative estimate of drug-likeness (QED) is 0.459. The molecule has 1 amide bonds. The first kappa shape index (κ1) is 24.1. The van der Waals surface area contributed by atoms with Crippen LogP contribution in [0.2, 0.25) is 0 Å². The van der Waals surface area contributed by atoms with E-state index in [9.17, 15) is 19.2 Å². The van der Waals surface area contributed by atoms with Crippen molar-refractivity contribution >= 4 is 45.1 Å². The summed E-state index contributed by atoms with van der Waals surface area (Å²) in [4.78, 5) is 56.8. The Kier molecular flexibility index (Phi) is 7.94. The summed E-state index contributed by atoms with van der Waals surface area (Å²) in [7, 11) is 0. The number of benzene rings is 1. The Morgan fingerprint density at radius 2 is 1.91 bits per heavy atom. The Morgan fingerprint density at radius 1 is 1.15 bits per heavy atom. The van der Waals surface area contributed by atoms with Crippen molar-refractivity contribution in [1.82, 2.24) is 9.97 Å². The van der Waals surface area contributed by atoms with Gasteiger partial charge in [0.15, 0.2) is 6.61 Å². The number of aromatic nitrogens is 2. The fraction of sp³-hybridized carbons (Fsp3) is 0.348. The standard InChI is InChI=1S/C23H25N3O6S/c1-4-14-13(3)33-22(20(14)23(30)31-5-2)26-18(27)12-32-19(28)11-10-17-24-16-9-7-6-8-15(16)21(29)25-17/h6-9H,4-5,10-12H2,1-3H3,(H,26,27)(H,24,25,29). The zero-order chi connectivity index (χ0) is 24.0. The molecule has 3 aromatic rings. The second-order valence-corrected chi connectivity index (χ2v) is 8.38. The zero-order valence-corrected chi connectivity index (χ0v) is 19.5. The van der Waals surface area contributed by atoms with E-state index < -0.39 is 24.5 Å². The van der Waals surface area contributed by atoms with Crippen molar-refractivity contribution in [1.29, 1.82) is 0 Å². The molecule has 1 aromatic carbocycles. The van der Waals surface area contributed by atoms with Gasteiger partial charge in [-0.15, -0.1) is 11.3 Å². The van der Waals surface area contributed by atoms with E-state index in [0.717, 1.165) is 10.4 Å². The van der Waals surface area contributed by atoms with Crippen LogP contribution in [0, 0.1) is 6.92 Å². The van der Waals surface area contributed by atoms with Crippen molar-refractivity contribution in [3.63, 3.8) is 0 Å². The number of rotatable bonds is 9. The molecule has 0 spiro atoms. The third-order valence-corrected chi connectivity index (χ3v) is 5.95. The highest BCUT2D eigenvalue weighted by atomic mass is 32.1. The number of thiophene rings is 1. The molecule has 2 heterocycles. The summed E-state index contributed by atoms with van der Waals surface area (Å²) in [6.07, 6.45) is 0.727. The number of nitrogens with one attached hydrogen (secondary N) is 2. The fourth-order valence-corrected chi connectivity index (χ4v) is 4.52. The SMILES string of the molecule is CCOC(=O)c1c(NC(=O)COC(=O)CCc2nc3ccccc3c(=O)[nH]2)sc(C)c1CC. The minimum absolute atomic E-state index is 0.0548. The lowest BCUT2D eigenvalue weighted by atomic mass is 10.1. The number of amides is 1. The van der Waals surface area contributed by atoms with Crippen molar-refractivity contribution in [3.8, 4) is 0 Å². The molecule has 0 aliphatic carbocycles. The Balaban J connectivity index is 1.57. The molecule has 0 aliphatic rings. The molecule has 3 rings (SSSR count). The number of fused-ring (bicyclic) bond motifs is 1. The van der Waals surface area contributed by atoms with Crippen molar-refractivity contribution < 1.29 is 23.9 Å². The van der Waals surface area contributed by atoms with Crippen LogP contribution in [0.4, 0.5) is 5.00 Å². The Hall–Kier alpha value is -3.53. The van der Waals surface area contributed by atoms with Crippen LogP contribution in [0.15, 0.2) is 29.1 Å². The molecule has 0 saturated carbocycles. The average molecular weight is 472 g/mol. The molecule has 0 radical (unpaired) electrons. The number of hydrogen-bond donors (Lipinski definition) is 2. The van der Waals surface area contributed by atoms with E-state index in [2.05, 4.69) is 15.3 Å². The molecule has 0 fully saturated rings. The lowest BCUT2D eigenvalue weighted by Crippen LogP contribution is -2.22. The minimum atomic E-state index is -0.608. The van der Waals surface area contributed by atoms with Gasteiger partial charge in [-0.2, -0.15) is 0 Å². The first-order valence-corrected chi connectivity index (χ1v) is 11.4. The number of carbonyl (C=O) groups is 3. The van der Waals surface area contributed by atoms with Crippen LogP contribution >= 0.6 is 11.3 Å². The number of ether oxygens (including phenoxy) is 2. The maximum atomic E-state index is 12.3. The third kappa shape index (κ3) is 5.83. The van der Waals surface area contributed by atoms with Crippen molar-refractivity contribution in [3.05, 3.63) is 56.4 Å². The second-order valence-electron chi connectivity index (χ2n) is 7.15. The third-order valence-electron chi connectivity index (χ3n) is 4.89. The number of H-pyrrole nitrogens is 1. The summed E-state index contributed by atoms with van der Waals surface area (Å²) in [6.45, 7) is 5.22. The van der Waals surface area contributed by atoms with Crippen LogP contribution in [-0.4, -0.2) is 41.0 Å². The second kappa shape index (κ2) is 10.9. The predicted octanol–water partition coefficient (Wildman–Crippen LogP) is 3.15. The molecule has 0 saturated heterocycles. The molecule has 174 valence electrons. The lowest BCUT2D eigenvalue weighted by molar-refractivity contribution is -0.147. The van der Waals surface area contributed by atoms with Gasteiger partial charge in [0.05, 0.1) is 29.5 Å². The number of hydrogen-bond acceptors (Lipinski definition) is 8. The van der Waals surface area contributed by atoms with Gasteiger partial charge in [-0.05, 0) is 38.0 Å². The van der Waals surface area contributed by atoms with Crippen molar-refractivity contribution in [2.24, 2.45) is 0 Å². The van der Waals surface area contributed by atoms with Gasteiger partial charge in [-0.3, -0.25) is 14.4 Å². The number of nitrogens with zero attached hydrogens (tertiary/aromatic N) is 1. The summed E-state index contributed by atoms with van der Waals surface area (Å²) >= 11 is 1.28. The van der Waals surface area contributed by atoms with Gasteiger partial charge in [-0.25, -0.2) is 9.78 Å². The van der Waals surface area contributed by atoms with Crippen LogP contribution in [-0.2, 0) is 31.9 Å². The summed E-state index contributed by atoms with van der Waals surface area (Å²) in [5.41, 5.74) is 1.42. The molecule has 33 heavy (non-hydrogen) atoms. The number of esters is 2.